The number of nitrogens with one attached hydrogen (secondary N) is 1. The number of piperidine rings is 1. The molecule has 2 saturated heterocycles. The van der Waals surface area contributed by atoms with E-state index in [1.807, 2.05) is 4.90 Å². The van der Waals surface area contributed by atoms with Crippen molar-refractivity contribution >= 4 is 52.3 Å². The van der Waals surface area contributed by atoms with E-state index < -0.39 is 41.3 Å². The summed E-state index contributed by atoms with van der Waals surface area (Å²) in [5.41, 5.74) is -0.420. The van der Waals surface area contributed by atoms with Crippen molar-refractivity contribution in [3.05, 3.63) is 91.8 Å². The zero-order valence-corrected chi connectivity index (χ0v) is 26.5. The van der Waals surface area contributed by atoms with Gasteiger partial charge in [-0.2, -0.15) is 0 Å². The first-order valence-corrected chi connectivity index (χ1v) is 15.9. The molecule has 1 amide bonds. The van der Waals surface area contributed by atoms with Gasteiger partial charge in [0.25, 0.3) is 5.91 Å². The molecule has 46 heavy (non-hydrogen) atoms. The Morgan fingerprint density at radius 3 is 2.76 bits per heavy atom. The Morgan fingerprint density at radius 1 is 1.26 bits per heavy atom. The van der Waals surface area contributed by atoms with Crippen LogP contribution in [0, 0.1) is 18.7 Å². The van der Waals surface area contributed by atoms with Crippen molar-refractivity contribution in [2.24, 2.45) is 10.9 Å². The van der Waals surface area contributed by atoms with Crippen molar-refractivity contribution < 1.29 is 33.0 Å². The topological polar surface area (TPSA) is 124 Å². The molecule has 0 aliphatic carbocycles. The summed E-state index contributed by atoms with van der Waals surface area (Å²) < 4.78 is 36.6. The highest BCUT2D eigenvalue weighted by atomic mass is 35.5. The van der Waals surface area contributed by atoms with Crippen molar-refractivity contribution in [2.75, 3.05) is 37.7 Å². The molecule has 0 saturated carbocycles. The van der Waals surface area contributed by atoms with E-state index in [1.54, 1.807) is 37.6 Å². The number of aliphatic imine (C=N–C) groups is 1. The minimum absolute atomic E-state index is 0.0338. The predicted molar refractivity (Wildman–Crippen MR) is 168 cm³/mol. The zero-order chi connectivity index (χ0) is 32.7. The number of amidine groups is 1. The van der Waals surface area contributed by atoms with Gasteiger partial charge in [-0.25, -0.2) is 23.4 Å². The normalized spacial score (nSPS) is 23.2. The molecular weight excluding hydrogens is 640 g/mol. The summed E-state index contributed by atoms with van der Waals surface area (Å²) in [7, 11) is 0. The monoisotopic (exact) mass is 669 g/mol. The molecule has 0 unspecified atom stereocenters. The third-order valence-electron chi connectivity index (χ3n) is 8.65. The van der Waals surface area contributed by atoms with Gasteiger partial charge in [-0.3, -0.25) is 14.7 Å². The van der Waals surface area contributed by atoms with Crippen LogP contribution in [0.2, 0.25) is 5.02 Å². The number of ether oxygens (including phenoxy) is 1. The van der Waals surface area contributed by atoms with Crippen LogP contribution >= 0.6 is 22.9 Å². The van der Waals surface area contributed by atoms with E-state index >= 15 is 4.39 Å². The Hall–Kier alpha value is -4.20. The van der Waals surface area contributed by atoms with Crippen molar-refractivity contribution in [1.82, 2.24) is 15.2 Å². The summed E-state index contributed by atoms with van der Waals surface area (Å²) in [4.78, 5) is 50.7. The maximum absolute atomic E-state index is 16.4. The molecule has 0 bridgehead atoms. The molecule has 3 aliphatic heterocycles. The van der Waals surface area contributed by atoms with Crippen LogP contribution in [0.3, 0.4) is 0 Å². The van der Waals surface area contributed by atoms with E-state index in [4.69, 9.17) is 21.3 Å². The number of thiazole rings is 1. The molecule has 3 aliphatic rings. The maximum atomic E-state index is 16.4. The van der Waals surface area contributed by atoms with Gasteiger partial charge in [0.1, 0.15) is 11.9 Å². The number of benzene rings is 2. The number of carboxylic acids is 1. The van der Waals surface area contributed by atoms with Gasteiger partial charge < -0.3 is 20.1 Å². The van der Waals surface area contributed by atoms with E-state index in [-0.39, 0.29) is 61.1 Å². The van der Waals surface area contributed by atoms with Crippen LogP contribution in [-0.4, -0.2) is 77.1 Å². The van der Waals surface area contributed by atoms with Crippen LogP contribution in [0.1, 0.15) is 45.9 Å². The lowest BCUT2D eigenvalue weighted by atomic mass is 9.84. The van der Waals surface area contributed by atoms with Crippen molar-refractivity contribution in [1.29, 1.82) is 0 Å². The number of likely N-dealkylation sites (tertiary alicyclic amines) is 1. The molecule has 1 aromatic heterocycles. The number of esters is 1. The molecule has 10 nitrogen and oxygen atoms in total. The SMILES string of the molecule is CCOC(=O)C1=C(CN2CC[C@@]3(F)C(=O)N(c4ccc(C(=O)O)cc4Cl)C[C@H]3C2)NC(c2nccs2)=N[C@H]1c1cccc(F)c1C. The Kier molecular flexibility index (Phi) is 8.66. The fourth-order valence-corrected chi connectivity index (χ4v) is 7.15. The maximum Gasteiger partial charge on any atom is 0.338 e. The summed E-state index contributed by atoms with van der Waals surface area (Å²) in [6.07, 6.45) is 1.53. The number of hydrogen-bond acceptors (Lipinski definition) is 9. The third-order valence-corrected chi connectivity index (χ3v) is 9.73. The van der Waals surface area contributed by atoms with Crippen LogP contribution in [0.25, 0.3) is 0 Å². The first-order chi connectivity index (χ1) is 22.0. The zero-order valence-electron chi connectivity index (χ0n) is 24.9. The number of aromatic nitrogens is 1. The highest BCUT2D eigenvalue weighted by Gasteiger charge is 2.57. The molecule has 2 N–H and O–H groups in total. The Balaban J connectivity index is 1.33. The number of carbonyl (C=O) groups is 3. The van der Waals surface area contributed by atoms with Crippen LogP contribution in [0.5, 0.6) is 0 Å². The molecule has 240 valence electrons. The van der Waals surface area contributed by atoms with Gasteiger partial charge in [0.15, 0.2) is 16.5 Å². The summed E-state index contributed by atoms with van der Waals surface area (Å²) in [6, 6.07) is 7.72. The standard InChI is InChI=1S/C32H30ClF2N5O5S/c1-3-45-30(43)25-23(37-27(28-36-10-12-46-28)38-26(25)20-5-4-6-22(34)17(20)2)16-39-11-9-32(35)19(14-39)15-40(31(32)44)24-8-7-18(29(41)42)13-21(24)33/h4-8,10,12-13,19,26H,3,9,11,14-16H2,1-2H3,(H,37,38)(H,41,42)/t19-,26+,32+/m1/s1. The lowest BCUT2D eigenvalue weighted by molar-refractivity contribution is -0.139. The smallest absolute Gasteiger partial charge is 0.338 e. The summed E-state index contributed by atoms with van der Waals surface area (Å²) in [6.45, 7) is 4.01. The molecule has 2 aromatic carbocycles. The van der Waals surface area contributed by atoms with Gasteiger partial charge in [-0.1, -0.05) is 23.7 Å². The van der Waals surface area contributed by atoms with Gasteiger partial charge in [-0.15, -0.1) is 11.3 Å². The van der Waals surface area contributed by atoms with Crippen molar-refractivity contribution in [3.63, 3.8) is 0 Å². The van der Waals surface area contributed by atoms with Gasteiger partial charge in [-0.05, 0) is 49.2 Å². The molecule has 0 radical (unpaired) electrons. The third kappa shape index (κ3) is 5.67. The molecular formula is C32H30ClF2N5O5S. The first kappa shape index (κ1) is 31.8. The number of fused-ring (bicyclic) bond motifs is 1. The number of alkyl halides is 1. The summed E-state index contributed by atoms with van der Waals surface area (Å²) >= 11 is 7.69. The molecule has 2 fully saturated rings. The van der Waals surface area contributed by atoms with Gasteiger partial charge in [0, 0.05) is 55.8 Å². The van der Waals surface area contributed by atoms with Crippen LogP contribution in [0.4, 0.5) is 14.5 Å². The van der Waals surface area contributed by atoms with E-state index in [2.05, 4.69) is 10.3 Å². The number of hydrogen-bond donors (Lipinski definition) is 2. The van der Waals surface area contributed by atoms with E-state index in [0.29, 0.717) is 27.7 Å². The lowest BCUT2D eigenvalue weighted by Crippen LogP contribution is -2.52. The van der Waals surface area contributed by atoms with Crippen molar-refractivity contribution in [3.8, 4) is 0 Å². The number of nitrogens with zero attached hydrogens (tertiary/aromatic N) is 4. The van der Waals surface area contributed by atoms with E-state index in [1.165, 1.54) is 40.5 Å². The van der Waals surface area contributed by atoms with E-state index in [0.717, 1.165) is 0 Å². The number of halogens is 3. The van der Waals surface area contributed by atoms with Crippen molar-refractivity contribution in [2.45, 2.75) is 32.0 Å². The second-order valence-electron chi connectivity index (χ2n) is 11.3. The average molecular weight is 670 g/mol. The Labute approximate surface area is 272 Å². The highest BCUT2D eigenvalue weighted by molar-refractivity contribution is 7.11. The Morgan fingerprint density at radius 2 is 2.07 bits per heavy atom. The number of aromatic carboxylic acids is 1. The largest absolute Gasteiger partial charge is 0.478 e. The molecule has 4 heterocycles. The van der Waals surface area contributed by atoms with Gasteiger partial charge >= 0.3 is 11.9 Å². The Bertz CT molecular complexity index is 1780. The number of carboxylic acid groups (broad SMARTS) is 1. The average Bonchev–Trinajstić information content (AvgIpc) is 3.65. The quantitative estimate of drug-likeness (QED) is 0.324. The molecule has 14 heteroatoms. The fourth-order valence-electron chi connectivity index (χ4n) is 6.28. The van der Waals surface area contributed by atoms with Crippen LogP contribution in [-0.2, 0) is 14.3 Å². The van der Waals surface area contributed by atoms with Crippen LogP contribution < -0.4 is 10.2 Å². The fraction of sp³-hybridized carbons (Fsp3) is 0.344. The van der Waals surface area contributed by atoms with Gasteiger partial charge in [0.2, 0.25) is 0 Å². The number of rotatable bonds is 8. The number of amides is 1. The van der Waals surface area contributed by atoms with Crippen LogP contribution in [0.15, 0.2) is 64.2 Å². The highest BCUT2D eigenvalue weighted by Crippen LogP contribution is 2.44. The van der Waals surface area contributed by atoms with E-state index in [9.17, 15) is 23.9 Å². The molecule has 0 spiro atoms. The molecule has 3 aromatic rings. The molecule has 3 atom stereocenters. The minimum atomic E-state index is -2.14. The number of carbonyl (C=O) groups excluding carboxylic acids is 2. The van der Waals surface area contributed by atoms with Gasteiger partial charge in [0.05, 0.1) is 28.5 Å². The second-order valence-corrected chi connectivity index (χ2v) is 12.6. The summed E-state index contributed by atoms with van der Waals surface area (Å²) in [5, 5.41) is 15.0. The molecule has 6 rings (SSSR count). The minimum Gasteiger partial charge on any atom is -0.478 e. The number of anilines is 1. The summed E-state index contributed by atoms with van der Waals surface area (Å²) in [5.74, 6) is -3.26. The first-order valence-electron chi connectivity index (χ1n) is 14.7. The second kappa shape index (κ2) is 12.5. The lowest BCUT2D eigenvalue weighted by Gasteiger charge is -2.38. The predicted octanol–water partition coefficient (Wildman–Crippen LogP) is 4.93.